The van der Waals surface area contributed by atoms with Crippen molar-refractivity contribution in [3.05, 3.63) is 22.7 Å². The number of aliphatic hydroxyl groups is 1. The second-order valence-electron chi connectivity index (χ2n) is 4.57. The third-order valence-corrected chi connectivity index (χ3v) is 2.45. The van der Waals surface area contributed by atoms with Crippen LogP contribution in [-0.4, -0.2) is 27.3 Å². The summed E-state index contributed by atoms with van der Waals surface area (Å²) in [5.74, 6) is 0.713. The van der Waals surface area contributed by atoms with Gasteiger partial charge in [-0.3, -0.25) is 4.79 Å². The summed E-state index contributed by atoms with van der Waals surface area (Å²) in [7, 11) is 0. The van der Waals surface area contributed by atoms with Crippen LogP contribution in [0.15, 0.2) is 17.2 Å². The summed E-state index contributed by atoms with van der Waals surface area (Å²) in [6.45, 7) is 7.03. The van der Waals surface area contributed by atoms with Crippen molar-refractivity contribution in [3.8, 4) is 0 Å². The van der Waals surface area contributed by atoms with Crippen LogP contribution in [0.1, 0.15) is 27.2 Å². The fourth-order valence-electron chi connectivity index (χ4n) is 1.46. The van der Waals surface area contributed by atoms with E-state index in [2.05, 4.69) is 24.1 Å². The van der Waals surface area contributed by atoms with Crippen LogP contribution in [0.25, 0.3) is 0 Å². The molecule has 0 aliphatic heterocycles. The van der Waals surface area contributed by atoms with Crippen LogP contribution in [0.2, 0.25) is 0 Å². The van der Waals surface area contributed by atoms with E-state index in [1.165, 1.54) is 0 Å². The molecule has 96 valence electrons. The average molecular weight is 239 g/mol. The number of anilines is 1. The summed E-state index contributed by atoms with van der Waals surface area (Å²) in [5, 5.41) is 12.3. The molecule has 0 fully saturated rings. The lowest BCUT2D eigenvalue weighted by Gasteiger charge is -2.12. The molecule has 1 aromatic rings. The summed E-state index contributed by atoms with van der Waals surface area (Å²) in [6, 6.07) is 0. The fourth-order valence-corrected chi connectivity index (χ4v) is 1.46. The van der Waals surface area contributed by atoms with Crippen molar-refractivity contribution in [2.75, 3.05) is 11.9 Å². The molecule has 0 amide bonds. The zero-order chi connectivity index (χ0) is 12.8. The minimum Gasteiger partial charge on any atom is -0.391 e. The highest BCUT2D eigenvalue weighted by Gasteiger charge is 2.07. The average Bonchev–Trinajstić information content (AvgIpc) is 2.29. The maximum atomic E-state index is 12.0. The maximum Gasteiger partial charge on any atom is 0.293 e. The first-order valence-electron chi connectivity index (χ1n) is 6.02. The minimum absolute atomic E-state index is 0.135. The van der Waals surface area contributed by atoms with Gasteiger partial charge in [0.05, 0.1) is 6.10 Å². The van der Waals surface area contributed by atoms with Crippen LogP contribution in [0.3, 0.4) is 0 Å². The first-order valence-corrected chi connectivity index (χ1v) is 6.02. The molecule has 1 unspecified atom stereocenters. The van der Waals surface area contributed by atoms with Crippen molar-refractivity contribution in [3.63, 3.8) is 0 Å². The van der Waals surface area contributed by atoms with Crippen molar-refractivity contribution < 1.29 is 5.11 Å². The molecule has 0 saturated carbocycles. The number of nitrogens with zero attached hydrogens (tertiary/aromatic N) is 2. The van der Waals surface area contributed by atoms with E-state index in [1.807, 2.05) is 6.92 Å². The van der Waals surface area contributed by atoms with E-state index in [0.717, 1.165) is 0 Å². The van der Waals surface area contributed by atoms with Crippen molar-refractivity contribution in [1.29, 1.82) is 0 Å². The van der Waals surface area contributed by atoms with Gasteiger partial charge in [-0.2, -0.15) is 0 Å². The molecule has 0 aliphatic carbocycles. The maximum absolute atomic E-state index is 12.0. The number of rotatable bonds is 6. The fraction of sp³-hybridized carbons (Fsp3) is 0.667. The van der Waals surface area contributed by atoms with Gasteiger partial charge in [-0.1, -0.05) is 20.8 Å². The predicted molar refractivity (Wildman–Crippen MR) is 68.1 cm³/mol. The van der Waals surface area contributed by atoms with Crippen LogP contribution in [0.5, 0.6) is 0 Å². The van der Waals surface area contributed by atoms with Gasteiger partial charge in [-0.05, 0) is 12.3 Å². The lowest BCUT2D eigenvalue weighted by Crippen LogP contribution is -2.28. The van der Waals surface area contributed by atoms with Crippen molar-refractivity contribution in [1.82, 2.24) is 9.55 Å². The van der Waals surface area contributed by atoms with E-state index in [-0.39, 0.29) is 5.56 Å². The summed E-state index contributed by atoms with van der Waals surface area (Å²) in [5.41, 5.74) is -0.135. The van der Waals surface area contributed by atoms with Gasteiger partial charge in [-0.25, -0.2) is 4.98 Å². The smallest absolute Gasteiger partial charge is 0.293 e. The molecular weight excluding hydrogens is 218 g/mol. The lowest BCUT2D eigenvalue weighted by molar-refractivity contribution is 0.183. The second kappa shape index (κ2) is 6.39. The molecule has 1 heterocycles. The molecule has 0 spiro atoms. The Kier molecular flexibility index (Phi) is 5.15. The van der Waals surface area contributed by atoms with Gasteiger partial charge in [0.15, 0.2) is 5.82 Å². The van der Waals surface area contributed by atoms with Gasteiger partial charge in [-0.15, -0.1) is 0 Å². The topological polar surface area (TPSA) is 67.2 Å². The molecule has 5 nitrogen and oxygen atoms in total. The molecule has 17 heavy (non-hydrogen) atoms. The molecule has 1 aromatic heterocycles. The van der Waals surface area contributed by atoms with Gasteiger partial charge >= 0.3 is 0 Å². The van der Waals surface area contributed by atoms with Gasteiger partial charge in [0.1, 0.15) is 0 Å². The van der Waals surface area contributed by atoms with E-state index in [4.69, 9.17) is 0 Å². The highest BCUT2D eigenvalue weighted by atomic mass is 16.3. The van der Waals surface area contributed by atoms with Crippen LogP contribution in [0.4, 0.5) is 5.82 Å². The van der Waals surface area contributed by atoms with E-state index in [1.54, 1.807) is 17.0 Å². The van der Waals surface area contributed by atoms with Crippen LogP contribution < -0.4 is 10.9 Å². The molecule has 1 atom stereocenters. The Morgan fingerprint density at radius 1 is 1.53 bits per heavy atom. The number of aliphatic hydroxyl groups excluding tert-OH is 1. The molecule has 2 N–H and O–H groups in total. The van der Waals surface area contributed by atoms with Gasteiger partial charge in [0.2, 0.25) is 0 Å². The lowest BCUT2D eigenvalue weighted by atomic mass is 10.2. The number of hydrogen-bond acceptors (Lipinski definition) is 4. The SMILES string of the molecule is CCC(O)CNc1nccn(CC(C)C)c1=O. The van der Waals surface area contributed by atoms with Crippen LogP contribution in [-0.2, 0) is 6.54 Å². The summed E-state index contributed by atoms with van der Waals surface area (Å²) in [6.07, 6.45) is 3.49. The first-order chi connectivity index (χ1) is 8.04. The highest BCUT2D eigenvalue weighted by Crippen LogP contribution is 1.99. The van der Waals surface area contributed by atoms with E-state index >= 15 is 0 Å². The molecule has 0 bridgehead atoms. The third-order valence-electron chi connectivity index (χ3n) is 2.45. The molecule has 0 aromatic carbocycles. The Bertz CT molecular complexity index is 401. The largest absolute Gasteiger partial charge is 0.391 e. The monoisotopic (exact) mass is 239 g/mol. The number of aromatic nitrogens is 2. The van der Waals surface area contributed by atoms with Crippen molar-refractivity contribution >= 4 is 5.82 Å². The van der Waals surface area contributed by atoms with Gasteiger partial charge in [0, 0.05) is 25.5 Å². The zero-order valence-corrected chi connectivity index (χ0v) is 10.7. The molecule has 0 radical (unpaired) electrons. The Morgan fingerprint density at radius 3 is 2.82 bits per heavy atom. The minimum atomic E-state index is -0.449. The van der Waals surface area contributed by atoms with Gasteiger partial charge in [0.25, 0.3) is 5.56 Å². The van der Waals surface area contributed by atoms with E-state index < -0.39 is 6.10 Å². The molecule has 5 heteroatoms. The molecular formula is C12H21N3O2. The summed E-state index contributed by atoms with van der Waals surface area (Å²) < 4.78 is 1.64. The predicted octanol–water partition coefficient (Wildman–Crippen LogP) is 1.08. The van der Waals surface area contributed by atoms with Crippen molar-refractivity contribution in [2.45, 2.75) is 39.8 Å². The van der Waals surface area contributed by atoms with E-state index in [9.17, 15) is 9.90 Å². The highest BCUT2D eigenvalue weighted by molar-refractivity contribution is 5.30. The summed E-state index contributed by atoms with van der Waals surface area (Å²) in [4.78, 5) is 16.0. The standard InChI is InChI=1S/C12H21N3O2/c1-4-10(16)7-14-11-12(17)15(6-5-13-11)8-9(2)3/h5-6,9-10,16H,4,7-8H2,1-3H3,(H,13,14). The second-order valence-corrected chi connectivity index (χ2v) is 4.57. The normalized spacial score (nSPS) is 12.8. The molecule has 0 saturated heterocycles. The quantitative estimate of drug-likeness (QED) is 0.779. The number of nitrogens with one attached hydrogen (secondary N) is 1. The number of hydrogen-bond donors (Lipinski definition) is 2. The Morgan fingerprint density at radius 2 is 2.24 bits per heavy atom. The zero-order valence-electron chi connectivity index (χ0n) is 10.7. The summed E-state index contributed by atoms with van der Waals surface area (Å²) >= 11 is 0. The van der Waals surface area contributed by atoms with Crippen molar-refractivity contribution in [2.24, 2.45) is 5.92 Å². The van der Waals surface area contributed by atoms with Crippen LogP contribution >= 0.6 is 0 Å². The Labute approximate surface area is 102 Å². The van der Waals surface area contributed by atoms with E-state index in [0.29, 0.717) is 31.2 Å². The first kappa shape index (κ1) is 13.7. The van der Waals surface area contributed by atoms with Gasteiger partial charge < -0.3 is 15.0 Å². The third kappa shape index (κ3) is 4.19. The van der Waals surface area contributed by atoms with Crippen LogP contribution in [0, 0.1) is 5.92 Å². The molecule has 0 aliphatic rings. The Hall–Kier alpha value is -1.36. The molecule has 1 rings (SSSR count). The Balaban J connectivity index is 2.76.